The van der Waals surface area contributed by atoms with E-state index in [2.05, 4.69) is 14.9 Å². The van der Waals surface area contributed by atoms with Crippen LogP contribution in [0.25, 0.3) is 0 Å². The molecule has 1 aromatic heterocycles. The Morgan fingerprint density at radius 3 is 2.79 bits per heavy atom. The van der Waals surface area contributed by atoms with Crippen LogP contribution in [0.15, 0.2) is 21.6 Å². The Bertz CT molecular complexity index is 508. The second kappa shape index (κ2) is 6.04. The van der Waals surface area contributed by atoms with Gasteiger partial charge in [0.05, 0.1) is 6.54 Å². The Balaban J connectivity index is 1.85. The van der Waals surface area contributed by atoms with Gasteiger partial charge in [-0.25, -0.2) is 13.1 Å². The number of rotatable bonds is 8. The molecule has 7 heteroatoms. The topological polar surface area (TPSA) is 74.6 Å². The molecule has 1 aliphatic carbocycles. The quantitative estimate of drug-likeness (QED) is 0.722. The molecule has 2 rings (SSSR count). The van der Waals surface area contributed by atoms with Crippen LogP contribution in [-0.2, 0) is 16.6 Å². The van der Waals surface area contributed by atoms with E-state index < -0.39 is 10.0 Å². The van der Waals surface area contributed by atoms with Crippen molar-refractivity contribution in [3.05, 3.63) is 17.9 Å². The Morgan fingerprint density at radius 2 is 2.16 bits per heavy atom. The van der Waals surface area contributed by atoms with Crippen LogP contribution < -0.4 is 10.0 Å². The maximum atomic E-state index is 12.0. The lowest BCUT2D eigenvalue weighted by atomic mass is 10.4. The Morgan fingerprint density at radius 1 is 1.42 bits per heavy atom. The monoisotopic (exact) mass is 287 g/mol. The van der Waals surface area contributed by atoms with Crippen LogP contribution in [0.2, 0.25) is 0 Å². The van der Waals surface area contributed by atoms with Crippen LogP contribution in [0.1, 0.15) is 18.6 Å². The van der Waals surface area contributed by atoms with Gasteiger partial charge >= 0.3 is 0 Å². The number of hydrogen-bond acceptors (Lipinski definition) is 5. The van der Waals surface area contributed by atoms with Crippen molar-refractivity contribution in [2.24, 2.45) is 0 Å². The standard InChI is InChI=1S/C12H21N3O3S/c1-13-9-11-5-6-12(18-11)19(16,17)14-7-8-15(2)10-3-4-10/h5-6,10,13-14H,3-4,7-9H2,1-2H3. The summed E-state index contributed by atoms with van der Waals surface area (Å²) in [5.41, 5.74) is 0. The molecular weight excluding hydrogens is 266 g/mol. The van der Waals surface area contributed by atoms with Crippen LogP contribution >= 0.6 is 0 Å². The zero-order valence-electron chi connectivity index (χ0n) is 11.3. The second-order valence-corrected chi connectivity index (χ2v) is 6.56. The van der Waals surface area contributed by atoms with Crippen LogP contribution in [0.4, 0.5) is 0 Å². The summed E-state index contributed by atoms with van der Waals surface area (Å²) in [6.07, 6.45) is 2.43. The van der Waals surface area contributed by atoms with Gasteiger partial charge in [0.1, 0.15) is 5.76 Å². The molecule has 1 fully saturated rings. The fourth-order valence-corrected chi connectivity index (χ4v) is 2.86. The maximum Gasteiger partial charge on any atom is 0.274 e. The fraction of sp³-hybridized carbons (Fsp3) is 0.667. The van der Waals surface area contributed by atoms with Crippen LogP contribution in [0.3, 0.4) is 0 Å². The highest BCUT2D eigenvalue weighted by molar-refractivity contribution is 7.89. The molecule has 19 heavy (non-hydrogen) atoms. The zero-order valence-corrected chi connectivity index (χ0v) is 12.2. The zero-order chi connectivity index (χ0) is 13.9. The lowest BCUT2D eigenvalue weighted by Crippen LogP contribution is -2.33. The Labute approximate surface area is 114 Å². The summed E-state index contributed by atoms with van der Waals surface area (Å²) in [4.78, 5) is 2.18. The van der Waals surface area contributed by atoms with Crippen molar-refractivity contribution in [3.8, 4) is 0 Å². The van der Waals surface area contributed by atoms with Gasteiger partial charge in [0, 0.05) is 19.1 Å². The normalized spacial score (nSPS) is 16.2. The van der Waals surface area contributed by atoms with Crippen molar-refractivity contribution >= 4 is 10.0 Å². The number of nitrogens with one attached hydrogen (secondary N) is 2. The van der Waals surface area contributed by atoms with E-state index in [0.717, 1.165) is 0 Å². The smallest absolute Gasteiger partial charge is 0.274 e. The predicted molar refractivity (Wildman–Crippen MR) is 72.3 cm³/mol. The van der Waals surface area contributed by atoms with Gasteiger partial charge in [0.2, 0.25) is 5.09 Å². The molecule has 2 N–H and O–H groups in total. The lowest BCUT2D eigenvalue weighted by molar-refractivity contribution is 0.328. The van der Waals surface area contributed by atoms with E-state index in [1.807, 2.05) is 7.05 Å². The van der Waals surface area contributed by atoms with E-state index >= 15 is 0 Å². The average molecular weight is 287 g/mol. The van der Waals surface area contributed by atoms with Crippen molar-refractivity contribution < 1.29 is 12.8 Å². The molecule has 1 aromatic rings. The molecule has 6 nitrogen and oxygen atoms in total. The van der Waals surface area contributed by atoms with Gasteiger partial charge in [0.15, 0.2) is 0 Å². The maximum absolute atomic E-state index is 12.0. The largest absolute Gasteiger partial charge is 0.447 e. The van der Waals surface area contributed by atoms with Gasteiger partial charge in [-0.2, -0.15) is 0 Å². The summed E-state index contributed by atoms with van der Waals surface area (Å²) in [6.45, 7) is 1.63. The molecule has 1 saturated carbocycles. The molecule has 1 aliphatic rings. The summed E-state index contributed by atoms with van der Waals surface area (Å²) in [6, 6.07) is 3.79. The van der Waals surface area contributed by atoms with Crippen LogP contribution in [-0.4, -0.2) is 46.5 Å². The van der Waals surface area contributed by atoms with E-state index in [-0.39, 0.29) is 5.09 Å². The molecule has 108 valence electrons. The summed E-state index contributed by atoms with van der Waals surface area (Å²) >= 11 is 0. The number of sulfonamides is 1. The van der Waals surface area contributed by atoms with E-state index in [0.29, 0.717) is 31.4 Å². The lowest BCUT2D eigenvalue weighted by Gasteiger charge is -2.15. The number of furan rings is 1. The minimum absolute atomic E-state index is 0.0215. The van der Waals surface area contributed by atoms with Crippen molar-refractivity contribution in [3.63, 3.8) is 0 Å². The summed E-state index contributed by atoms with van der Waals surface area (Å²) in [7, 11) is 0.268. The molecule has 1 heterocycles. The van der Waals surface area contributed by atoms with Crippen molar-refractivity contribution in [1.29, 1.82) is 0 Å². The highest BCUT2D eigenvalue weighted by atomic mass is 32.2. The fourth-order valence-electron chi connectivity index (χ4n) is 1.90. The first-order chi connectivity index (χ1) is 9.03. The van der Waals surface area contributed by atoms with E-state index in [4.69, 9.17) is 4.42 Å². The minimum atomic E-state index is -3.53. The van der Waals surface area contributed by atoms with Gasteiger partial charge in [-0.3, -0.25) is 0 Å². The van der Waals surface area contributed by atoms with Gasteiger partial charge in [-0.15, -0.1) is 0 Å². The molecule has 0 atom stereocenters. The van der Waals surface area contributed by atoms with Gasteiger partial charge in [-0.1, -0.05) is 0 Å². The van der Waals surface area contributed by atoms with E-state index in [1.165, 1.54) is 18.9 Å². The second-order valence-electron chi connectivity index (χ2n) is 4.86. The third-order valence-corrected chi connectivity index (χ3v) is 4.51. The van der Waals surface area contributed by atoms with Gasteiger partial charge < -0.3 is 14.6 Å². The minimum Gasteiger partial charge on any atom is -0.447 e. The molecule has 0 unspecified atom stereocenters. The average Bonchev–Trinajstić information content (AvgIpc) is 3.09. The van der Waals surface area contributed by atoms with E-state index in [9.17, 15) is 8.42 Å². The third-order valence-electron chi connectivity index (χ3n) is 3.18. The first-order valence-electron chi connectivity index (χ1n) is 6.46. The number of nitrogens with zero attached hydrogens (tertiary/aromatic N) is 1. The van der Waals surface area contributed by atoms with Crippen molar-refractivity contribution in [2.75, 3.05) is 27.2 Å². The Hall–Kier alpha value is -0.890. The molecule has 0 saturated heterocycles. The number of hydrogen-bond donors (Lipinski definition) is 2. The molecule has 0 aromatic carbocycles. The summed E-state index contributed by atoms with van der Waals surface area (Å²) in [5, 5.41) is 2.89. The molecule has 0 bridgehead atoms. The third kappa shape index (κ3) is 4.04. The predicted octanol–water partition coefficient (Wildman–Crippen LogP) is 0.372. The van der Waals surface area contributed by atoms with Gasteiger partial charge in [0.25, 0.3) is 10.0 Å². The molecule has 0 amide bonds. The molecular formula is C12H21N3O3S. The highest BCUT2D eigenvalue weighted by Crippen LogP contribution is 2.24. The molecule has 0 radical (unpaired) electrons. The van der Waals surface area contributed by atoms with Gasteiger partial charge in [-0.05, 0) is 39.1 Å². The SMILES string of the molecule is CNCc1ccc(S(=O)(=O)NCCN(C)C2CC2)o1. The molecule has 0 spiro atoms. The first-order valence-corrected chi connectivity index (χ1v) is 7.94. The molecule has 0 aliphatic heterocycles. The van der Waals surface area contributed by atoms with Crippen molar-refractivity contribution in [2.45, 2.75) is 30.5 Å². The summed E-state index contributed by atoms with van der Waals surface area (Å²) < 4.78 is 31.8. The number of likely N-dealkylation sites (N-methyl/N-ethyl adjacent to an activating group) is 1. The van der Waals surface area contributed by atoms with E-state index in [1.54, 1.807) is 13.1 Å². The van der Waals surface area contributed by atoms with Crippen LogP contribution in [0, 0.1) is 0 Å². The van der Waals surface area contributed by atoms with Crippen LogP contribution in [0.5, 0.6) is 0 Å². The first kappa shape index (κ1) is 14.5. The summed E-state index contributed by atoms with van der Waals surface area (Å²) in [5.74, 6) is 0.609. The Kier molecular flexibility index (Phi) is 4.62. The van der Waals surface area contributed by atoms with Crippen molar-refractivity contribution in [1.82, 2.24) is 14.9 Å². The highest BCUT2D eigenvalue weighted by Gasteiger charge is 2.26.